The summed E-state index contributed by atoms with van der Waals surface area (Å²) in [5.41, 5.74) is 2.31. The number of rotatable bonds is 6. The fourth-order valence-corrected chi connectivity index (χ4v) is 2.23. The van der Waals surface area contributed by atoms with Gasteiger partial charge in [0.1, 0.15) is 6.04 Å². The van der Waals surface area contributed by atoms with E-state index in [1.165, 1.54) is 0 Å². The molecule has 1 unspecified atom stereocenters. The quantitative estimate of drug-likeness (QED) is 0.702. The van der Waals surface area contributed by atoms with E-state index >= 15 is 0 Å². The Hall–Kier alpha value is -1.89. The van der Waals surface area contributed by atoms with Crippen LogP contribution in [-0.4, -0.2) is 39.4 Å². The second-order valence-electron chi connectivity index (χ2n) is 5.25. The summed E-state index contributed by atoms with van der Waals surface area (Å²) in [4.78, 5) is 22.9. The fourth-order valence-electron chi connectivity index (χ4n) is 2.23. The van der Waals surface area contributed by atoms with E-state index in [1.807, 2.05) is 20.9 Å². The lowest BCUT2D eigenvalue weighted by atomic mass is 10.2. The van der Waals surface area contributed by atoms with Gasteiger partial charge in [-0.1, -0.05) is 0 Å². The lowest BCUT2D eigenvalue weighted by Crippen LogP contribution is -2.42. The molecule has 1 aromatic rings. The molecule has 1 aliphatic rings. The molecule has 1 amide bonds. The number of carbonyl (C=O) groups is 2. The van der Waals surface area contributed by atoms with Crippen LogP contribution in [0, 0.1) is 19.8 Å². The number of aromatic nitrogens is 2. The normalized spacial score (nSPS) is 15.9. The second-order valence-corrected chi connectivity index (χ2v) is 5.25. The highest BCUT2D eigenvalue weighted by molar-refractivity contribution is 5.93. The Labute approximate surface area is 117 Å². The van der Waals surface area contributed by atoms with E-state index in [2.05, 4.69) is 15.7 Å². The van der Waals surface area contributed by atoms with Crippen LogP contribution < -0.4 is 10.6 Å². The summed E-state index contributed by atoms with van der Waals surface area (Å²) in [5.74, 6) is -0.993. The molecule has 0 bridgehead atoms. The van der Waals surface area contributed by atoms with Crippen molar-refractivity contribution in [2.45, 2.75) is 32.7 Å². The van der Waals surface area contributed by atoms with Crippen molar-refractivity contribution in [2.75, 3.05) is 11.9 Å². The van der Waals surface area contributed by atoms with Crippen molar-refractivity contribution in [3.8, 4) is 0 Å². The molecule has 0 saturated heterocycles. The number of carboxylic acid groups (broad SMARTS) is 1. The number of carbonyl (C=O) groups excluding carboxylic acids is 1. The van der Waals surface area contributed by atoms with E-state index in [9.17, 15) is 9.59 Å². The van der Waals surface area contributed by atoms with Gasteiger partial charge in [0.2, 0.25) is 5.91 Å². The van der Waals surface area contributed by atoms with E-state index in [0.717, 1.165) is 24.2 Å². The summed E-state index contributed by atoms with van der Waals surface area (Å²) in [7, 11) is 1.81. The molecule has 7 nitrogen and oxygen atoms in total. The average Bonchev–Trinajstić information content (AvgIpc) is 3.15. The summed E-state index contributed by atoms with van der Waals surface area (Å²) < 4.78 is 1.70. The number of carboxylic acids is 1. The van der Waals surface area contributed by atoms with Crippen molar-refractivity contribution in [2.24, 2.45) is 13.0 Å². The Morgan fingerprint density at radius 1 is 1.45 bits per heavy atom. The molecular weight excluding hydrogens is 260 g/mol. The number of hydrogen-bond donors (Lipinski definition) is 3. The Morgan fingerprint density at radius 2 is 2.10 bits per heavy atom. The lowest BCUT2D eigenvalue weighted by molar-refractivity contribution is -0.140. The van der Waals surface area contributed by atoms with Crippen molar-refractivity contribution < 1.29 is 14.7 Å². The van der Waals surface area contributed by atoms with Crippen LogP contribution in [0.15, 0.2) is 0 Å². The number of amides is 1. The first-order chi connectivity index (χ1) is 9.40. The van der Waals surface area contributed by atoms with Gasteiger partial charge in [-0.25, -0.2) is 0 Å². The van der Waals surface area contributed by atoms with Crippen LogP contribution in [0.25, 0.3) is 0 Å². The van der Waals surface area contributed by atoms with Gasteiger partial charge in [-0.3, -0.25) is 19.6 Å². The van der Waals surface area contributed by atoms with Crippen molar-refractivity contribution in [3.63, 3.8) is 0 Å². The van der Waals surface area contributed by atoms with Crippen molar-refractivity contribution in [3.05, 3.63) is 11.4 Å². The number of aliphatic carboxylic acids is 1. The molecule has 3 N–H and O–H groups in total. The molecule has 1 aliphatic carbocycles. The highest BCUT2D eigenvalue weighted by atomic mass is 16.4. The maximum absolute atomic E-state index is 11.9. The summed E-state index contributed by atoms with van der Waals surface area (Å²) in [5, 5.41) is 18.9. The van der Waals surface area contributed by atoms with Crippen LogP contribution >= 0.6 is 0 Å². The average molecular weight is 280 g/mol. The van der Waals surface area contributed by atoms with Crippen molar-refractivity contribution >= 4 is 17.6 Å². The number of anilines is 1. The zero-order valence-electron chi connectivity index (χ0n) is 11.9. The van der Waals surface area contributed by atoms with E-state index in [-0.39, 0.29) is 18.4 Å². The zero-order chi connectivity index (χ0) is 14.9. The molecule has 0 radical (unpaired) electrons. The molecule has 1 heterocycles. The van der Waals surface area contributed by atoms with Gasteiger partial charge in [0.05, 0.1) is 23.6 Å². The van der Waals surface area contributed by atoms with E-state index < -0.39 is 12.0 Å². The van der Waals surface area contributed by atoms with E-state index in [1.54, 1.807) is 4.68 Å². The lowest BCUT2D eigenvalue weighted by Gasteiger charge is -2.13. The van der Waals surface area contributed by atoms with Crippen LogP contribution in [0.5, 0.6) is 0 Å². The topological polar surface area (TPSA) is 96.3 Å². The van der Waals surface area contributed by atoms with E-state index in [4.69, 9.17) is 5.11 Å². The van der Waals surface area contributed by atoms with Gasteiger partial charge < -0.3 is 10.4 Å². The Morgan fingerprint density at radius 3 is 2.55 bits per heavy atom. The van der Waals surface area contributed by atoms with Crippen molar-refractivity contribution in [1.29, 1.82) is 0 Å². The molecule has 2 rings (SSSR count). The van der Waals surface area contributed by atoms with Gasteiger partial charge in [0.25, 0.3) is 0 Å². The van der Waals surface area contributed by atoms with Crippen LogP contribution in [0.2, 0.25) is 0 Å². The smallest absolute Gasteiger partial charge is 0.320 e. The minimum absolute atomic E-state index is 0.0127. The SMILES string of the molecule is Cc1nn(C)c(C)c1NC(=O)CNC(C(=O)O)C1CC1. The van der Waals surface area contributed by atoms with Crippen LogP contribution in [0.3, 0.4) is 0 Å². The maximum atomic E-state index is 11.9. The first-order valence-corrected chi connectivity index (χ1v) is 6.66. The van der Waals surface area contributed by atoms with Crippen molar-refractivity contribution in [1.82, 2.24) is 15.1 Å². The van der Waals surface area contributed by atoms with Gasteiger partial charge in [-0.05, 0) is 32.6 Å². The Kier molecular flexibility index (Phi) is 4.08. The minimum atomic E-state index is -0.894. The van der Waals surface area contributed by atoms with Gasteiger partial charge >= 0.3 is 5.97 Å². The molecule has 0 spiro atoms. The zero-order valence-corrected chi connectivity index (χ0v) is 11.9. The Bertz CT molecular complexity index is 534. The summed E-state index contributed by atoms with van der Waals surface area (Å²) in [6, 6.07) is -0.628. The number of nitrogens with one attached hydrogen (secondary N) is 2. The maximum Gasteiger partial charge on any atom is 0.320 e. The molecule has 1 aromatic heterocycles. The number of nitrogens with zero attached hydrogens (tertiary/aromatic N) is 2. The largest absolute Gasteiger partial charge is 0.480 e. The molecule has 1 fully saturated rings. The molecular formula is C13H20N4O3. The third kappa shape index (κ3) is 3.16. The van der Waals surface area contributed by atoms with Crippen LogP contribution in [0.4, 0.5) is 5.69 Å². The predicted molar refractivity (Wildman–Crippen MR) is 73.5 cm³/mol. The standard InChI is InChI=1S/C13H20N4O3/c1-7-11(8(2)17(3)16-7)15-10(18)6-14-12(13(19)20)9-4-5-9/h9,12,14H,4-6H2,1-3H3,(H,15,18)(H,19,20). The third-order valence-electron chi connectivity index (χ3n) is 3.62. The molecule has 20 heavy (non-hydrogen) atoms. The molecule has 0 aromatic carbocycles. The summed E-state index contributed by atoms with van der Waals surface area (Å²) in [6.45, 7) is 3.68. The number of aryl methyl sites for hydroxylation is 2. The predicted octanol–water partition coefficient (Wildman–Crippen LogP) is 0.428. The monoisotopic (exact) mass is 280 g/mol. The molecule has 1 atom stereocenters. The van der Waals surface area contributed by atoms with E-state index in [0.29, 0.717) is 5.69 Å². The molecule has 110 valence electrons. The highest BCUT2D eigenvalue weighted by Gasteiger charge is 2.36. The van der Waals surface area contributed by atoms with Gasteiger partial charge in [0, 0.05) is 7.05 Å². The minimum Gasteiger partial charge on any atom is -0.480 e. The summed E-state index contributed by atoms with van der Waals surface area (Å²) in [6.07, 6.45) is 1.82. The fraction of sp³-hybridized carbons (Fsp3) is 0.615. The molecule has 0 aliphatic heterocycles. The third-order valence-corrected chi connectivity index (χ3v) is 3.62. The Balaban J connectivity index is 1.90. The van der Waals surface area contributed by atoms with Crippen LogP contribution in [-0.2, 0) is 16.6 Å². The summed E-state index contributed by atoms with van der Waals surface area (Å²) >= 11 is 0. The molecule has 1 saturated carbocycles. The second kappa shape index (κ2) is 5.62. The number of hydrogen-bond acceptors (Lipinski definition) is 4. The van der Waals surface area contributed by atoms with Gasteiger partial charge in [-0.15, -0.1) is 0 Å². The first-order valence-electron chi connectivity index (χ1n) is 6.66. The molecule has 7 heteroatoms. The van der Waals surface area contributed by atoms with Gasteiger partial charge in [-0.2, -0.15) is 5.10 Å². The van der Waals surface area contributed by atoms with Gasteiger partial charge in [0.15, 0.2) is 0 Å². The van der Waals surface area contributed by atoms with Crippen LogP contribution in [0.1, 0.15) is 24.2 Å². The first kappa shape index (κ1) is 14.5. The highest BCUT2D eigenvalue weighted by Crippen LogP contribution is 2.32.